The second kappa shape index (κ2) is 11.0. The van der Waals surface area contributed by atoms with Crippen molar-refractivity contribution >= 4 is 51.1 Å². The third-order valence-electron chi connectivity index (χ3n) is 8.05. The number of carbonyl (C=O) groups is 3. The molecule has 3 heterocycles. The van der Waals surface area contributed by atoms with Gasteiger partial charge in [0, 0.05) is 21.3 Å². The molecule has 1 aromatic rings. The molecule has 210 valence electrons. The van der Waals surface area contributed by atoms with Gasteiger partial charge in [0.1, 0.15) is 11.8 Å². The topological polar surface area (TPSA) is 108 Å². The third kappa shape index (κ3) is 5.08. The first-order valence-corrected chi connectivity index (χ1v) is 15.3. The van der Waals surface area contributed by atoms with Crippen LogP contribution < -0.4 is 15.4 Å². The van der Waals surface area contributed by atoms with Crippen molar-refractivity contribution in [3.63, 3.8) is 0 Å². The summed E-state index contributed by atoms with van der Waals surface area (Å²) in [6, 6.07) is 5.90. The maximum absolute atomic E-state index is 14.3. The van der Waals surface area contributed by atoms with Crippen LogP contribution in [0.1, 0.15) is 54.4 Å². The Kier molecular flexibility index (Phi) is 8.46. The van der Waals surface area contributed by atoms with Crippen LogP contribution in [0.25, 0.3) is 0 Å². The molecule has 0 aliphatic carbocycles. The van der Waals surface area contributed by atoms with E-state index in [1.165, 1.54) is 0 Å². The summed E-state index contributed by atoms with van der Waals surface area (Å²) in [5.41, 5.74) is 0.133. The van der Waals surface area contributed by atoms with Crippen molar-refractivity contribution < 1.29 is 24.2 Å². The molecule has 1 spiro atoms. The van der Waals surface area contributed by atoms with Crippen LogP contribution in [0.2, 0.25) is 0 Å². The van der Waals surface area contributed by atoms with Crippen LogP contribution in [-0.4, -0.2) is 73.4 Å². The zero-order valence-corrected chi connectivity index (χ0v) is 25.4. The highest BCUT2D eigenvalue weighted by molar-refractivity contribution is 9.09. The molecule has 0 saturated carbocycles. The van der Waals surface area contributed by atoms with Crippen LogP contribution >= 0.6 is 27.7 Å². The third-order valence-corrected chi connectivity index (χ3v) is 11.3. The number of fused-ring (bicyclic) bond motifs is 1. The number of alkyl halides is 1. The molecule has 8 nitrogen and oxygen atoms in total. The summed E-state index contributed by atoms with van der Waals surface area (Å²) in [6.45, 7) is 12.0. The molecule has 10 heteroatoms. The van der Waals surface area contributed by atoms with E-state index >= 15 is 0 Å². The molecule has 0 aromatic heterocycles. The quantitative estimate of drug-likeness (QED) is 0.367. The second-order valence-corrected chi connectivity index (χ2v) is 14.4. The van der Waals surface area contributed by atoms with Crippen molar-refractivity contribution in [1.82, 2.24) is 10.2 Å². The lowest BCUT2D eigenvalue weighted by Gasteiger charge is -2.40. The monoisotopic (exact) mass is 609 g/mol. The van der Waals surface area contributed by atoms with Crippen molar-refractivity contribution in [3.05, 3.63) is 24.3 Å². The fraction of sp³-hybridized carbons (Fsp3) is 0.679. The van der Waals surface area contributed by atoms with E-state index in [1.54, 1.807) is 40.9 Å². The van der Waals surface area contributed by atoms with Gasteiger partial charge in [-0.3, -0.25) is 14.4 Å². The number of hydrogen-bond donors (Lipinski definition) is 3. The molecule has 3 aliphatic rings. The number of rotatable bonds is 9. The highest BCUT2D eigenvalue weighted by Crippen LogP contribution is 2.68. The van der Waals surface area contributed by atoms with Gasteiger partial charge in [-0.1, -0.05) is 36.2 Å². The summed E-state index contributed by atoms with van der Waals surface area (Å²) in [7, 11) is 0. The molecule has 8 atom stereocenters. The molecule has 2 bridgehead atoms. The molecule has 3 amide bonds. The SMILES string of the molecule is CCOc1ccc(NC(=O)[C@H]2[C@@H]3SC4(CC3Br)C(C(=O)NC(C)(C)C)N([C@@H](CO)[C@@H](C)CC)C(=O)[C@H]24)cc1. The number of ether oxygens (including phenoxy) is 1. The van der Waals surface area contributed by atoms with E-state index in [-0.39, 0.29) is 40.3 Å². The first-order valence-electron chi connectivity index (χ1n) is 13.5. The second-order valence-electron chi connectivity index (χ2n) is 11.7. The minimum absolute atomic E-state index is 0.0118. The molecule has 1 aromatic carbocycles. The molecule has 3 N–H and O–H groups in total. The van der Waals surface area contributed by atoms with Crippen LogP contribution in [0.5, 0.6) is 5.75 Å². The number of halogens is 1. The zero-order chi connectivity index (χ0) is 28.0. The molecule has 38 heavy (non-hydrogen) atoms. The van der Waals surface area contributed by atoms with Crippen molar-refractivity contribution in [2.75, 3.05) is 18.5 Å². The number of likely N-dealkylation sites (tertiary alicyclic amines) is 1. The summed E-state index contributed by atoms with van der Waals surface area (Å²) in [6.07, 6.45) is 1.35. The number of hydrogen-bond acceptors (Lipinski definition) is 6. The fourth-order valence-corrected chi connectivity index (χ4v) is 9.90. The molecule has 3 aliphatic heterocycles. The van der Waals surface area contributed by atoms with Gasteiger partial charge < -0.3 is 25.4 Å². The van der Waals surface area contributed by atoms with Gasteiger partial charge in [0.2, 0.25) is 17.7 Å². The standard InChI is InChI=1S/C28H40BrN3O5S/c1-7-15(3)19(14-33)32-23(25(35)31-27(4,5)6)28-13-18(29)22(38-28)20(21(28)26(32)36)24(34)30-16-9-11-17(12-10-16)37-8-2/h9-12,15,18-23,33H,7-8,13-14H2,1-6H3,(H,30,34)(H,31,35)/t15-,18?,19-,20+,21-,22+,23?,28?/m0/s1. The number of aliphatic hydroxyl groups excluding tert-OH is 1. The Morgan fingerprint density at radius 1 is 1.24 bits per heavy atom. The lowest BCUT2D eigenvalue weighted by Crippen LogP contribution is -2.60. The highest BCUT2D eigenvalue weighted by Gasteiger charge is 2.76. The van der Waals surface area contributed by atoms with Crippen molar-refractivity contribution in [3.8, 4) is 5.75 Å². The summed E-state index contributed by atoms with van der Waals surface area (Å²) in [5.74, 6) is -1.21. The first-order chi connectivity index (χ1) is 17.9. The molecule has 3 saturated heterocycles. The smallest absolute Gasteiger partial charge is 0.244 e. The van der Waals surface area contributed by atoms with Gasteiger partial charge in [-0.05, 0) is 64.3 Å². The molecule has 3 unspecified atom stereocenters. The van der Waals surface area contributed by atoms with Gasteiger partial charge in [0.05, 0.1) is 35.8 Å². The Hall–Kier alpha value is -1.78. The van der Waals surface area contributed by atoms with Gasteiger partial charge in [0.25, 0.3) is 0 Å². The Morgan fingerprint density at radius 3 is 2.45 bits per heavy atom. The summed E-state index contributed by atoms with van der Waals surface area (Å²) >= 11 is 5.39. The van der Waals surface area contributed by atoms with E-state index in [0.717, 1.165) is 12.2 Å². The number of carbonyl (C=O) groups excluding carboxylic acids is 3. The van der Waals surface area contributed by atoms with Crippen LogP contribution in [0.3, 0.4) is 0 Å². The molecular formula is C28H40BrN3O5S. The average molecular weight is 611 g/mol. The van der Waals surface area contributed by atoms with E-state index < -0.39 is 34.2 Å². The van der Waals surface area contributed by atoms with Gasteiger partial charge in [0.15, 0.2) is 0 Å². The maximum atomic E-state index is 14.3. The molecule has 0 radical (unpaired) electrons. The van der Waals surface area contributed by atoms with Crippen molar-refractivity contribution in [2.45, 2.75) is 86.8 Å². The molecule has 3 fully saturated rings. The summed E-state index contributed by atoms with van der Waals surface area (Å²) in [5, 5.41) is 16.4. The van der Waals surface area contributed by atoms with Crippen LogP contribution in [0.4, 0.5) is 5.69 Å². The Balaban J connectivity index is 1.71. The Bertz CT molecular complexity index is 1060. The zero-order valence-electron chi connectivity index (χ0n) is 23.0. The molecular weight excluding hydrogens is 570 g/mol. The predicted octanol–water partition coefficient (Wildman–Crippen LogP) is 3.81. The number of thioether (sulfide) groups is 1. The minimum atomic E-state index is -0.774. The molecule has 4 rings (SSSR count). The van der Waals surface area contributed by atoms with E-state index in [2.05, 4.69) is 26.6 Å². The van der Waals surface area contributed by atoms with E-state index in [9.17, 15) is 19.5 Å². The summed E-state index contributed by atoms with van der Waals surface area (Å²) < 4.78 is 4.74. The predicted molar refractivity (Wildman–Crippen MR) is 154 cm³/mol. The Labute approximate surface area is 238 Å². The normalized spacial score (nSPS) is 31.6. The highest BCUT2D eigenvalue weighted by atomic mass is 79.9. The van der Waals surface area contributed by atoms with Gasteiger partial charge in [-0.25, -0.2) is 0 Å². The number of anilines is 1. The first kappa shape index (κ1) is 29.2. The van der Waals surface area contributed by atoms with Gasteiger partial charge in [-0.2, -0.15) is 0 Å². The summed E-state index contributed by atoms with van der Waals surface area (Å²) in [4.78, 5) is 43.6. The fourth-order valence-electron chi connectivity index (χ4n) is 6.30. The van der Waals surface area contributed by atoms with Crippen LogP contribution in [0.15, 0.2) is 24.3 Å². The van der Waals surface area contributed by atoms with Gasteiger partial charge >= 0.3 is 0 Å². The lowest BCUT2D eigenvalue weighted by atomic mass is 9.70. The number of aliphatic hydroxyl groups is 1. The number of nitrogens with zero attached hydrogens (tertiary/aromatic N) is 1. The maximum Gasteiger partial charge on any atom is 0.244 e. The van der Waals surface area contributed by atoms with Gasteiger partial charge in [-0.15, -0.1) is 11.8 Å². The Morgan fingerprint density at radius 2 is 1.89 bits per heavy atom. The van der Waals surface area contributed by atoms with Crippen LogP contribution in [0, 0.1) is 17.8 Å². The number of amides is 3. The van der Waals surface area contributed by atoms with Crippen molar-refractivity contribution in [2.24, 2.45) is 17.8 Å². The minimum Gasteiger partial charge on any atom is -0.494 e. The van der Waals surface area contributed by atoms with Crippen LogP contribution in [-0.2, 0) is 14.4 Å². The number of benzene rings is 1. The van der Waals surface area contributed by atoms with E-state index in [0.29, 0.717) is 18.7 Å². The number of nitrogens with one attached hydrogen (secondary N) is 2. The van der Waals surface area contributed by atoms with E-state index in [4.69, 9.17) is 4.74 Å². The van der Waals surface area contributed by atoms with E-state index in [1.807, 2.05) is 41.5 Å². The van der Waals surface area contributed by atoms with Crippen molar-refractivity contribution in [1.29, 1.82) is 0 Å². The average Bonchev–Trinajstić information content (AvgIpc) is 3.43. The lowest BCUT2D eigenvalue weighted by molar-refractivity contribution is -0.143. The largest absolute Gasteiger partial charge is 0.494 e.